The molecule has 5 unspecified atom stereocenters. The normalized spacial score (nSPS) is 31.9. The zero-order valence-electron chi connectivity index (χ0n) is 21.8. The lowest BCUT2D eigenvalue weighted by Crippen LogP contribution is -2.61. The molecule has 0 radical (unpaired) electrons. The fourth-order valence-electron chi connectivity index (χ4n) is 6.99. The minimum Gasteiger partial charge on any atom is -0.368 e. The topological polar surface area (TPSA) is 151 Å². The first-order chi connectivity index (χ1) is 17.6. The first-order valence-electron chi connectivity index (χ1n) is 13.1. The Hall–Kier alpha value is -2.86. The van der Waals surface area contributed by atoms with Crippen LogP contribution in [-0.4, -0.2) is 71.8 Å². The summed E-state index contributed by atoms with van der Waals surface area (Å²) in [6, 6.07) is -3.69. The molecule has 0 aromatic heterocycles. The second-order valence-corrected chi connectivity index (χ2v) is 12.3. The molecule has 13 heteroatoms. The largest absolute Gasteiger partial charge is 0.471 e. The van der Waals surface area contributed by atoms with E-state index in [1.807, 2.05) is 5.32 Å². The molecule has 212 valence electrons. The average molecular weight is 544 g/mol. The molecular formula is C25H36F3N5O5. The Morgan fingerprint density at radius 2 is 1.74 bits per heavy atom. The van der Waals surface area contributed by atoms with Crippen molar-refractivity contribution in [1.29, 1.82) is 0 Å². The Morgan fingerprint density at radius 3 is 2.29 bits per heavy atom. The van der Waals surface area contributed by atoms with E-state index in [1.54, 1.807) is 0 Å². The highest BCUT2D eigenvalue weighted by atomic mass is 19.4. The van der Waals surface area contributed by atoms with Crippen molar-refractivity contribution in [1.82, 2.24) is 20.9 Å². The van der Waals surface area contributed by atoms with Crippen LogP contribution < -0.4 is 21.7 Å². The standard InChI is InChI=1S/C25H36F3N5O5/c1-24(2,3)18(32-23(38)25(26,27)28)22(37)33-10-14-11-4-5-12(8-11)16(14)17(33)21(36)31-15(19(29)34)9-13-6-7-30-20(13)35/h11-18H,4-10H2,1-3H3,(H2,29,34)(H,30,35)(H,31,36)(H,32,38)/t11?,12?,13-,14?,15-,16?,17?,18+/m0/s1. The molecule has 2 aliphatic carbocycles. The van der Waals surface area contributed by atoms with E-state index in [0.29, 0.717) is 18.9 Å². The van der Waals surface area contributed by atoms with Crippen LogP contribution >= 0.6 is 0 Å². The molecule has 4 aliphatic rings. The van der Waals surface area contributed by atoms with Gasteiger partial charge in [-0.3, -0.25) is 24.0 Å². The molecule has 0 spiro atoms. The van der Waals surface area contributed by atoms with Gasteiger partial charge in [0.05, 0.1) is 0 Å². The lowest BCUT2D eigenvalue weighted by atomic mass is 9.78. The van der Waals surface area contributed by atoms with E-state index in [2.05, 4.69) is 10.6 Å². The molecule has 10 nitrogen and oxygen atoms in total. The van der Waals surface area contributed by atoms with Gasteiger partial charge in [0.25, 0.3) is 0 Å². The summed E-state index contributed by atoms with van der Waals surface area (Å²) < 4.78 is 39.2. The van der Waals surface area contributed by atoms with Crippen LogP contribution in [0.5, 0.6) is 0 Å². The van der Waals surface area contributed by atoms with E-state index >= 15 is 0 Å². The predicted molar refractivity (Wildman–Crippen MR) is 128 cm³/mol. The van der Waals surface area contributed by atoms with Crippen molar-refractivity contribution in [2.45, 2.75) is 77.2 Å². The van der Waals surface area contributed by atoms with Crippen molar-refractivity contribution < 1.29 is 37.1 Å². The third-order valence-electron chi connectivity index (χ3n) is 8.81. The highest BCUT2D eigenvalue weighted by Crippen LogP contribution is 2.57. The van der Waals surface area contributed by atoms with Gasteiger partial charge >= 0.3 is 12.1 Å². The van der Waals surface area contributed by atoms with Gasteiger partial charge in [-0.2, -0.15) is 13.2 Å². The Labute approximate surface area is 219 Å². The number of amides is 5. The minimum absolute atomic E-state index is 0.0000222. The number of primary amides is 1. The Kier molecular flexibility index (Phi) is 7.43. The minimum atomic E-state index is -5.18. The molecule has 2 bridgehead atoms. The predicted octanol–water partition coefficient (Wildman–Crippen LogP) is 0.449. The molecule has 4 rings (SSSR count). The van der Waals surface area contributed by atoms with Crippen LogP contribution in [0.4, 0.5) is 13.2 Å². The second-order valence-electron chi connectivity index (χ2n) is 12.3. The van der Waals surface area contributed by atoms with Gasteiger partial charge in [0.2, 0.25) is 23.6 Å². The first-order valence-corrected chi connectivity index (χ1v) is 13.1. The summed E-state index contributed by atoms with van der Waals surface area (Å²) >= 11 is 0. The smallest absolute Gasteiger partial charge is 0.368 e. The van der Waals surface area contributed by atoms with Crippen molar-refractivity contribution in [2.24, 2.45) is 40.7 Å². The summed E-state index contributed by atoms with van der Waals surface area (Å²) in [4.78, 5) is 64.9. The van der Waals surface area contributed by atoms with Gasteiger partial charge in [-0.05, 0) is 61.2 Å². The number of alkyl halides is 3. The number of rotatable bonds is 7. The van der Waals surface area contributed by atoms with Crippen LogP contribution in [0.25, 0.3) is 0 Å². The number of hydrogen-bond donors (Lipinski definition) is 4. The highest BCUT2D eigenvalue weighted by molar-refractivity contribution is 5.96. The van der Waals surface area contributed by atoms with Gasteiger partial charge in [0, 0.05) is 19.0 Å². The lowest BCUT2D eigenvalue weighted by Gasteiger charge is -2.37. The van der Waals surface area contributed by atoms with Gasteiger partial charge in [-0.25, -0.2) is 0 Å². The summed E-state index contributed by atoms with van der Waals surface area (Å²) in [5.74, 6) is -4.89. The SMILES string of the molecule is CC(C)(C)[C@H](NC(=O)C(F)(F)F)C(=O)N1CC2C3CCC(C3)C2C1C(=O)N[C@@H](C[C@@H]1CCNC1=O)C(N)=O. The molecule has 5 amide bonds. The van der Waals surface area contributed by atoms with Gasteiger partial charge in [-0.15, -0.1) is 0 Å². The molecule has 8 atom stereocenters. The first kappa shape index (κ1) is 28.2. The van der Waals surface area contributed by atoms with E-state index in [-0.39, 0.29) is 36.6 Å². The fourth-order valence-corrected chi connectivity index (χ4v) is 6.99. The lowest BCUT2D eigenvalue weighted by molar-refractivity contribution is -0.176. The zero-order chi connectivity index (χ0) is 28.2. The molecule has 2 saturated heterocycles. The number of nitrogens with two attached hydrogens (primary N) is 1. The van der Waals surface area contributed by atoms with Gasteiger partial charge in [-0.1, -0.05) is 20.8 Å². The molecular weight excluding hydrogens is 507 g/mol. The maximum atomic E-state index is 13.8. The van der Waals surface area contributed by atoms with Crippen LogP contribution in [0, 0.1) is 35.0 Å². The number of nitrogens with zero attached hydrogens (tertiary/aromatic N) is 1. The molecule has 4 fully saturated rings. The van der Waals surface area contributed by atoms with Crippen LogP contribution in [0.2, 0.25) is 0 Å². The number of fused-ring (bicyclic) bond motifs is 5. The maximum Gasteiger partial charge on any atom is 0.471 e. The highest BCUT2D eigenvalue weighted by Gasteiger charge is 2.60. The van der Waals surface area contributed by atoms with Crippen molar-refractivity contribution in [3.05, 3.63) is 0 Å². The van der Waals surface area contributed by atoms with Gasteiger partial charge in [0.15, 0.2) is 0 Å². The van der Waals surface area contributed by atoms with Crippen LogP contribution in [0.1, 0.15) is 52.9 Å². The number of carbonyl (C=O) groups excluding carboxylic acids is 5. The quantitative estimate of drug-likeness (QED) is 0.368. The van der Waals surface area contributed by atoms with Crippen LogP contribution in [0.3, 0.4) is 0 Å². The Balaban J connectivity index is 1.60. The molecule has 2 saturated carbocycles. The summed E-state index contributed by atoms with van der Waals surface area (Å²) in [5, 5.41) is 7.17. The molecule has 38 heavy (non-hydrogen) atoms. The fraction of sp³-hybridized carbons (Fsp3) is 0.800. The van der Waals surface area contributed by atoms with E-state index in [9.17, 15) is 37.1 Å². The number of likely N-dealkylation sites (tertiary alicyclic amines) is 1. The second kappa shape index (κ2) is 10.0. The molecule has 2 aliphatic heterocycles. The monoisotopic (exact) mass is 543 g/mol. The van der Waals surface area contributed by atoms with E-state index in [1.165, 1.54) is 25.7 Å². The number of halogens is 3. The summed E-state index contributed by atoms with van der Waals surface area (Å²) in [7, 11) is 0. The van der Waals surface area contributed by atoms with E-state index in [4.69, 9.17) is 5.73 Å². The van der Waals surface area contributed by atoms with Crippen LogP contribution in [0.15, 0.2) is 0 Å². The van der Waals surface area contributed by atoms with Crippen molar-refractivity contribution in [2.75, 3.05) is 13.1 Å². The van der Waals surface area contributed by atoms with Gasteiger partial charge in [0.1, 0.15) is 18.1 Å². The summed E-state index contributed by atoms with van der Waals surface area (Å²) in [6.45, 7) is 5.26. The average Bonchev–Trinajstić information content (AvgIpc) is 3.57. The van der Waals surface area contributed by atoms with Gasteiger partial charge < -0.3 is 26.6 Å². The van der Waals surface area contributed by atoms with Crippen molar-refractivity contribution >= 4 is 29.5 Å². The third-order valence-corrected chi connectivity index (χ3v) is 8.81. The zero-order valence-corrected chi connectivity index (χ0v) is 21.8. The Morgan fingerprint density at radius 1 is 1.08 bits per heavy atom. The maximum absolute atomic E-state index is 13.8. The Bertz CT molecular complexity index is 1010. The van der Waals surface area contributed by atoms with Crippen LogP contribution in [-0.2, 0) is 24.0 Å². The van der Waals surface area contributed by atoms with Crippen molar-refractivity contribution in [3.8, 4) is 0 Å². The number of hydrogen-bond acceptors (Lipinski definition) is 5. The third kappa shape index (κ3) is 5.33. The number of carbonyl (C=O) groups is 5. The van der Waals surface area contributed by atoms with Crippen molar-refractivity contribution in [3.63, 3.8) is 0 Å². The molecule has 0 aromatic rings. The molecule has 0 aromatic carbocycles. The molecule has 2 heterocycles. The van der Waals surface area contributed by atoms with E-state index < -0.39 is 59.3 Å². The summed E-state index contributed by atoms with van der Waals surface area (Å²) in [6.07, 6.45) is -1.92. The number of nitrogens with one attached hydrogen (secondary N) is 3. The molecule has 5 N–H and O–H groups in total. The van der Waals surface area contributed by atoms with E-state index in [0.717, 1.165) is 19.3 Å². The summed E-state index contributed by atoms with van der Waals surface area (Å²) in [5.41, 5.74) is 4.47.